The molecule has 1 atom stereocenters. The van der Waals surface area contributed by atoms with Crippen LogP contribution in [0.1, 0.15) is 26.2 Å². The molecule has 0 spiro atoms. The summed E-state index contributed by atoms with van der Waals surface area (Å²) in [7, 11) is 1.66. The first-order valence-electron chi connectivity index (χ1n) is 3.06. The second-order valence-electron chi connectivity index (χ2n) is 2.03. The van der Waals surface area contributed by atoms with Crippen molar-refractivity contribution in [3.8, 4) is 0 Å². The average Bonchev–Trinajstić information content (AvgIpc) is 1.80. The van der Waals surface area contributed by atoms with Gasteiger partial charge in [-0.25, -0.2) is 8.42 Å². The van der Waals surface area contributed by atoms with Crippen LogP contribution in [0.3, 0.4) is 0 Å². The minimum absolute atomic E-state index is 0.582. The van der Waals surface area contributed by atoms with E-state index in [0.717, 1.165) is 12.8 Å². The van der Waals surface area contributed by atoms with Gasteiger partial charge in [0.15, 0.2) is 0 Å². The Kier molecular flexibility index (Phi) is 4.90. The van der Waals surface area contributed by atoms with Crippen molar-refractivity contribution in [2.24, 2.45) is 0 Å². The van der Waals surface area contributed by atoms with Crippen LogP contribution < -0.4 is 0 Å². The second kappa shape index (κ2) is 4.57. The molecule has 0 aliphatic rings. The molecule has 0 aromatic rings. The third kappa shape index (κ3) is 4.52. The van der Waals surface area contributed by atoms with Crippen molar-refractivity contribution in [1.29, 1.82) is 0 Å². The Morgan fingerprint density at radius 1 is 1.60 bits per heavy atom. The predicted molar refractivity (Wildman–Crippen MR) is 47.0 cm³/mol. The van der Waals surface area contributed by atoms with Crippen molar-refractivity contribution in [2.45, 2.75) is 30.3 Å². The van der Waals surface area contributed by atoms with Gasteiger partial charge in [-0.3, -0.25) is 0 Å². The van der Waals surface area contributed by atoms with E-state index in [1.54, 1.807) is 0 Å². The lowest BCUT2D eigenvalue weighted by Gasteiger charge is -2.02. The highest BCUT2D eigenvalue weighted by molar-refractivity contribution is 9.11. The average molecular weight is 250 g/mol. The SMILES string of the molecule is CCCCC(Br)S(=O)(=O)Cl. The third-order valence-corrected chi connectivity index (χ3v) is 5.16. The fourth-order valence-corrected chi connectivity index (χ4v) is 1.54. The molecule has 0 amide bonds. The van der Waals surface area contributed by atoms with Crippen molar-refractivity contribution in [2.75, 3.05) is 0 Å². The van der Waals surface area contributed by atoms with E-state index >= 15 is 0 Å². The van der Waals surface area contributed by atoms with Crippen molar-refractivity contribution in [3.63, 3.8) is 0 Å². The third-order valence-electron chi connectivity index (χ3n) is 1.09. The van der Waals surface area contributed by atoms with Gasteiger partial charge in [-0.1, -0.05) is 35.7 Å². The van der Waals surface area contributed by atoms with E-state index in [0.29, 0.717) is 6.42 Å². The Balaban J connectivity index is 3.75. The van der Waals surface area contributed by atoms with Crippen LogP contribution in [0, 0.1) is 0 Å². The van der Waals surface area contributed by atoms with Crippen molar-refractivity contribution in [3.05, 3.63) is 0 Å². The first-order valence-corrected chi connectivity index (χ1v) is 6.35. The molecule has 5 heteroatoms. The van der Waals surface area contributed by atoms with Gasteiger partial charge in [-0.15, -0.1) is 0 Å². The molecule has 0 radical (unpaired) electrons. The molecule has 0 saturated heterocycles. The molecule has 0 N–H and O–H groups in total. The molecule has 0 aliphatic carbocycles. The molecule has 10 heavy (non-hydrogen) atoms. The van der Waals surface area contributed by atoms with E-state index < -0.39 is 13.2 Å². The number of halogens is 2. The molecule has 0 aliphatic heterocycles. The fourth-order valence-electron chi connectivity index (χ4n) is 0.505. The summed E-state index contributed by atoms with van der Waals surface area (Å²) in [5.74, 6) is 0. The van der Waals surface area contributed by atoms with Crippen LogP contribution in [0.5, 0.6) is 0 Å². The highest BCUT2D eigenvalue weighted by atomic mass is 79.9. The van der Waals surface area contributed by atoms with E-state index in [-0.39, 0.29) is 0 Å². The molecule has 0 aromatic carbocycles. The molecular formula is C5H10BrClO2S. The zero-order valence-corrected chi connectivity index (χ0v) is 8.84. The van der Waals surface area contributed by atoms with Crippen LogP contribution in [0.2, 0.25) is 0 Å². The maximum absolute atomic E-state index is 10.6. The quantitative estimate of drug-likeness (QED) is 0.567. The fraction of sp³-hybridized carbons (Fsp3) is 1.00. The molecular weight excluding hydrogens is 239 g/mol. The molecule has 0 rings (SSSR count). The summed E-state index contributed by atoms with van der Waals surface area (Å²) >= 11 is 2.98. The molecule has 0 bridgehead atoms. The lowest BCUT2D eigenvalue weighted by molar-refractivity contribution is 0.601. The van der Waals surface area contributed by atoms with E-state index in [9.17, 15) is 8.42 Å². The molecule has 0 fully saturated rings. The summed E-state index contributed by atoms with van der Waals surface area (Å²) in [6.45, 7) is 2.00. The molecule has 62 valence electrons. The Bertz CT molecular complexity index is 178. The van der Waals surface area contributed by atoms with Gasteiger partial charge < -0.3 is 0 Å². The molecule has 0 aromatic heterocycles. The first-order chi connectivity index (χ1) is 4.48. The minimum atomic E-state index is -3.39. The summed E-state index contributed by atoms with van der Waals surface area (Å²) in [6, 6.07) is 0. The Morgan fingerprint density at radius 2 is 2.10 bits per heavy atom. The Labute approximate surface area is 74.5 Å². The van der Waals surface area contributed by atoms with Crippen molar-refractivity contribution < 1.29 is 8.42 Å². The summed E-state index contributed by atoms with van der Waals surface area (Å²) < 4.78 is 20.5. The summed E-state index contributed by atoms with van der Waals surface area (Å²) in [5.41, 5.74) is 0. The molecule has 0 heterocycles. The summed E-state index contributed by atoms with van der Waals surface area (Å²) in [5, 5.41) is 0. The standard InChI is InChI=1S/C5H10BrClO2S/c1-2-3-4-5(6)10(7,8)9/h5H,2-4H2,1H3. The number of unbranched alkanes of at least 4 members (excludes halogenated alkanes) is 1. The highest BCUT2D eigenvalue weighted by Crippen LogP contribution is 2.19. The van der Waals surface area contributed by atoms with Gasteiger partial charge in [0.2, 0.25) is 9.05 Å². The van der Waals surface area contributed by atoms with Crippen LogP contribution in [-0.4, -0.2) is 12.6 Å². The maximum atomic E-state index is 10.6. The number of hydrogen-bond donors (Lipinski definition) is 0. The lowest BCUT2D eigenvalue weighted by atomic mass is 10.3. The number of alkyl halides is 1. The van der Waals surface area contributed by atoms with Crippen LogP contribution in [0.15, 0.2) is 0 Å². The van der Waals surface area contributed by atoms with Gasteiger partial charge in [0, 0.05) is 10.7 Å². The van der Waals surface area contributed by atoms with Crippen molar-refractivity contribution >= 4 is 35.7 Å². The van der Waals surface area contributed by atoms with Gasteiger partial charge in [0.05, 0.1) is 0 Å². The van der Waals surface area contributed by atoms with E-state index in [4.69, 9.17) is 10.7 Å². The number of rotatable bonds is 4. The first kappa shape index (κ1) is 10.7. The maximum Gasteiger partial charge on any atom is 0.245 e. The van der Waals surface area contributed by atoms with E-state index in [1.165, 1.54) is 0 Å². The second-order valence-corrected chi connectivity index (χ2v) is 6.55. The van der Waals surface area contributed by atoms with Gasteiger partial charge in [-0.05, 0) is 6.42 Å². The monoisotopic (exact) mass is 248 g/mol. The van der Waals surface area contributed by atoms with Gasteiger partial charge in [-0.2, -0.15) is 0 Å². The van der Waals surface area contributed by atoms with E-state index in [2.05, 4.69) is 15.9 Å². The lowest BCUT2D eigenvalue weighted by Crippen LogP contribution is -2.06. The predicted octanol–water partition coefficient (Wildman–Crippen LogP) is 2.47. The normalized spacial score (nSPS) is 15.1. The smallest absolute Gasteiger partial charge is 0.211 e. The Morgan fingerprint density at radius 3 is 2.40 bits per heavy atom. The van der Waals surface area contributed by atoms with Crippen molar-refractivity contribution in [1.82, 2.24) is 0 Å². The summed E-state index contributed by atoms with van der Waals surface area (Å²) in [4.78, 5) is 0. The molecule has 1 unspecified atom stereocenters. The Hall–Kier alpha value is 0.720. The van der Waals surface area contributed by atoms with Gasteiger partial charge >= 0.3 is 0 Å². The van der Waals surface area contributed by atoms with Crippen LogP contribution in [-0.2, 0) is 9.05 Å². The molecule has 2 nitrogen and oxygen atoms in total. The zero-order valence-electron chi connectivity index (χ0n) is 5.68. The van der Waals surface area contributed by atoms with Crippen LogP contribution >= 0.6 is 26.6 Å². The topological polar surface area (TPSA) is 34.1 Å². The van der Waals surface area contributed by atoms with E-state index in [1.807, 2.05) is 6.92 Å². The largest absolute Gasteiger partial charge is 0.245 e. The van der Waals surface area contributed by atoms with Crippen LogP contribution in [0.4, 0.5) is 0 Å². The minimum Gasteiger partial charge on any atom is -0.211 e. The van der Waals surface area contributed by atoms with Gasteiger partial charge in [0.1, 0.15) is 4.16 Å². The van der Waals surface area contributed by atoms with Crippen LogP contribution in [0.25, 0.3) is 0 Å². The highest BCUT2D eigenvalue weighted by Gasteiger charge is 2.17. The zero-order chi connectivity index (χ0) is 8.20. The van der Waals surface area contributed by atoms with Gasteiger partial charge in [0.25, 0.3) is 0 Å². The molecule has 0 saturated carbocycles. The number of hydrogen-bond acceptors (Lipinski definition) is 2. The summed E-state index contributed by atoms with van der Waals surface area (Å²) in [6.07, 6.45) is 2.44.